The van der Waals surface area contributed by atoms with E-state index >= 15 is 0 Å². The summed E-state index contributed by atoms with van der Waals surface area (Å²) in [6, 6.07) is 2.06. The van der Waals surface area contributed by atoms with Crippen molar-refractivity contribution < 1.29 is 13.9 Å². The summed E-state index contributed by atoms with van der Waals surface area (Å²) in [5.41, 5.74) is 5.32. The van der Waals surface area contributed by atoms with Crippen LogP contribution in [0.5, 0.6) is 5.75 Å². The van der Waals surface area contributed by atoms with Gasteiger partial charge in [0, 0.05) is 5.56 Å². The van der Waals surface area contributed by atoms with Gasteiger partial charge in [0.15, 0.2) is 11.6 Å². The molecule has 1 aromatic carbocycles. The van der Waals surface area contributed by atoms with E-state index in [2.05, 4.69) is 0 Å². The maximum Gasteiger partial charge on any atom is 0.165 e. The van der Waals surface area contributed by atoms with E-state index in [0.717, 1.165) is 12.1 Å². The lowest BCUT2D eigenvalue weighted by Crippen LogP contribution is -2.07. The number of phenolic OH excluding ortho intramolecular Hbond substituents is 1. The fraction of sp³-hybridized carbons (Fsp3) is 0.400. The van der Waals surface area contributed by atoms with Crippen LogP contribution in [0.1, 0.15) is 24.8 Å². The van der Waals surface area contributed by atoms with Crippen molar-refractivity contribution in [2.45, 2.75) is 19.3 Å². The van der Waals surface area contributed by atoms with Gasteiger partial charge >= 0.3 is 0 Å². The second kappa shape index (κ2) is 4.37. The van der Waals surface area contributed by atoms with Crippen LogP contribution in [0.4, 0.5) is 8.78 Å². The van der Waals surface area contributed by atoms with E-state index in [4.69, 9.17) is 5.73 Å². The number of hydrogen-bond acceptors (Lipinski definition) is 2. The highest BCUT2D eigenvalue weighted by atomic mass is 19.2. The van der Waals surface area contributed by atoms with Gasteiger partial charge in [-0.05, 0) is 31.0 Å². The van der Waals surface area contributed by atoms with E-state index in [9.17, 15) is 13.9 Å². The first-order valence-electron chi connectivity index (χ1n) is 4.44. The predicted molar refractivity (Wildman–Crippen MR) is 50.1 cm³/mol. The molecule has 0 aromatic heterocycles. The van der Waals surface area contributed by atoms with Crippen LogP contribution < -0.4 is 5.73 Å². The molecule has 4 heteroatoms. The Labute approximate surface area is 81.4 Å². The van der Waals surface area contributed by atoms with Crippen LogP contribution in [0.3, 0.4) is 0 Å². The topological polar surface area (TPSA) is 46.2 Å². The molecular weight excluding hydrogens is 188 g/mol. The Morgan fingerprint density at radius 2 is 2.07 bits per heavy atom. The van der Waals surface area contributed by atoms with Crippen LogP contribution in [0.15, 0.2) is 12.1 Å². The molecule has 0 aliphatic heterocycles. The minimum atomic E-state index is -0.981. The van der Waals surface area contributed by atoms with Crippen molar-refractivity contribution in [3.63, 3.8) is 0 Å². The summed E-state index contributed by atoms with van der Waals surface area (Å²) in [6.45, 7) is 2.07. The lowest BCUT2D eigenvalue weighted by Gasteiger charge is -2.13. The molecular formula is C10H13F2NO. The first kappa shape index (κ1) is 10.9. The summed E-state index contributed by atoms with van der Waals surface area (Å²) in [5, 5.41) is 9.37. The maximum absolute atomic E-state index is 13.3. The number of phenols is 1. The summed E-state index contributed by atoms with van der Waals surface area (Å²) in [6.07, 6.45) is 0.508. The molecule has 0 spiro atoms. The zero-order valence-electron chi connectivity index (χ0n) is 7.93. The molecule has 0 aliphatic carbocycles. The molecule has 0 heterocycles. The van der Waals surface area contributed by atoms with Crippen molar-refractivity contribution in [3.05, 3.63) is 29.3 Å². The van der Waals surface area contributed by atoms with Crippen molar-refractivity contribution in [1.82, 2.24) is 0 Å². The predicted octanol–water partition coefficient (Wildman–Crippen LogP) is 2.12. The molecule has 0 saturated heterocycles. The third-order valence-corrected chi connectivity index (χ3v) is 2.20. The smallest absolute Gasteiger partial charge is 0.165 e. The minimum absolute atomic E-state index is 0.00968. The number of benzene rings is 1. The summed E-state index contributed by atoms with van der Waals surface area (Å²) in [4.78, 5) is 0. The van der Waals surface area contributed by atoms with Crippen molar-refractivity contribution in [2.75, 3.05) is 6.54 Å². The SMILES string of the molecule is CC(CCN)c1c(O)ccc(F)c1F. The number of aromatic hydroxyl groups is 1. The number of nitrogens with two attached hydrogens (primary N) is 1. The molecule has 0 amide bonds. The van der Waals surface area contributed by atoms with E-state index in [0.29, 0.717) is 13.0 Å². The number of hydrogen-bond donors (Lipinski definition) is 2. The van der Waals surface area contributed by atoms with Crippen LogP contribution in [0, 0.1) is 11.6 Å². The van der Waals surface area contributed by atoms with Gasteiger partial charge in [-0.3, -0.25) is 0 Å². The Balaban J connectivity index is 3.11. The van der Waals surface area contributed by atoms with Gasteiger partial charge in [-0.1, -0.05) is 6.92 Å². The Kier molecular flexibility index (Phi) is 3.41. The molecule has 14 heavy (non-hydrogen) atoms. The maximum atomic E-state index is 13.3. The highest BCUT2D eigenvalue weighted by molar-refractivity contribution is 5.36. The molecule has 78 valence electrons. The minimum Gasteiger partial charge on any atom is -0.508 e. The van der Waals surface area contributed by atoms with Crippen molar-refractivity contribution in [3.8, 4) is 5.75 Å². The molecule has 0 radical (unpaired) electrons. The highest BCUT2D eigenvalue weighted by Gasteiger charge is 2.18. The first-order valence-corrected chi connectivity index (χ1v) is 4.44. The van der Waals surface area contributed by atoms with Gasteiger partial charge in [-0.2, -0.15) is 0 Å². The van der Waals surface area contributed by atoms with Crippen LogP contribution in [0.25, 0.3) is 0 Å². The zero-order chi connectivity index (χ0) is 10.7. The molecule has 0 fully saturated rings. The molecule has 1 atom stereocenters. The summed E-state index contributed by atoms with van der Waals surface area (Å²) >= 11 is 0. The molecule has 0 aliphatic rings. The van der Waals surface area contributed by atoms with Crippen LogP contribution in [-0.4, -0.2) is 11.7 Å². The van der Waals surface area contributed by atoms with E-state index < -0.39 is 11.6 Å². The monoisotopic (exact) mass is 201 g/mol. The van der Waals surface area contributed by atoms with E-state index in [1.165, 1.54) is 0 Å². The molecule has 3 N–H and O–H groups in total. The third-order valence-electron chi connectivity index (χ3n) is 2.20. The van der Waals surface area contributed by atoms with Gasteiger partial charge in [0.05, 0.1) is 0 Å². The van der Waals surface area contributed by atoms with Crippen LogP contribution in [0.2, 0.25) is 0 Å². The van der Waals surface area contributed by atoms with Crippen LogP contribution >= 0.6 is 0 Å². The van der Waals surface area contributed by atoms with Gasteiger partial charge in [-0.15, -0.1) is 0 Å². The molecule has 0 saturated carbocycles. The Morgan fingerprint density at radius 3 is 2.64 bits per heavy atom. The van der Waals surface area contributed by atoms with Crippen molar-refractivity contribution in [1.29, 1.82) is 0 Å². The number of rotatable bonds is 3. The first-order chi connectivity index (χ1) is 6.57. The van der Waals surface area contributed by atoms with Crippen molar-refractivity contribution in [2.24, 2.45) is 5.73 Å². The Bertz CT molecular complexity index is 328. The van der Waals surface area contributed by atoms with Crippen LogP contribution in [-0.2, 0) is 0 Å². The summed E-state index contributed by atoms with van der Waals surface area (Å²) < 4.78 is 26.1. The second-order valence-electron chi connectivity index (χ2n) is 3.27. The zero-order valence-corrected chi connectivity index (χ0v) is 7.93. The van der Waals surface area contributed by atoms with Gasteiger partial charge in [0.2, 0.25) is 0 Å². The van der Waals surface area contributed by atoms with E-state index in [-0.39, 0.29) is 17.2 Å². The highest BCUT2D eigenvalue weighted by Crippen LogP contribution is 2.31. The lowest BCUT2D eigenvalue weighted by atomic mass is 9.96. The fourth-order valence-corrected chi connectivity index (χ4v) is 1.42. The molecule has 1 unspecified atom stereocenters. The third kappa shape index (κ3) is 2.01. The Morgan fingerprint density at radius 1 is 1.43 bits per heavy atom. The summed E-state index contributed by atoms with van der Waals surface area (Å²) in [7, 11) is 0. The van der Waals surface area contributed by atoms with Gasteiger partial charge < -0.3 is 10.8 Å². The quantitative estimate of drug-likeness (QED) is 0.786. The van der Waals surface area contributed by atoms with Gasteiger partial charge in [-0.25, -0.2) is 8.78 Å². The largest absolute Gasteiger partial charge is 0.508 e. The molecule has 1 rings (SSSR count). The molecule has 2 nitrogen and oxygen atoms in total. The van der Waals surface area contributed by atoms with Gasteiger partial charge in [0.1, 0.15) is 5.75 Å². The van der Waals surface area contributed by atoms with E-state index in [1.807, 2.05) is 0 Å². The second-order valence-corrected chi connectivity index (χ2v) is 3.27. The summed E-state index contributed by atoms with van der Waals surface area (Å²) in [5.74, 6) is -2.42. The fourth-order valence-electron chi connectivity index (χ4n) is 1.42. The average molecular weight is 201 g/mol. The Hall–Kier alpha value is -1.16. The number of halogens is 2. The standard InChI is InChI=1S/C10H13F2NO/c1-6(4-5-13)9-8(14)3-2-7(11)10(9)12/h2-3,6,14H,4-5,13H2,1H3. The molecule has 0 bridgehead atoms. The molecule has 1 aromatic rings. The lowest BCUT2D eigenvalue weighted by molar-refractivity contribution is 0.430. The van der Waals surface area contributed by atoms with E-state index in [1.54, 1.807) is 6.92 Å². The van der Waals surface area contributed by atoms with Gasteiger partial charge in [0.25, 0.3) is 0 Å². The average Bonchev–Trinajstić information content (AvgIpc) is 2.13. The normalized spacial score (nSPS) is 12.9. The van der Waals surface area contributed by atoms with Crippen molar-refractivity contribution >= 4 is 0 Å².